The molecule has 2 aromatic heterocycles. The maximum absolute atomic E-state index is 12.6. The van der Waals surface area contributed by atoms with Gasteiger partial charge in [-0.05, 0) is 23.6 Å². The Kier molecular flexibility index (Phi) is 5.47. The Morgan fingerprint density at radius 2 is 1.96 bits per heavy atom. The molecule has 1 N–H and O–H groups in total. The predicted octanol–water partition coefficient (Wildman–Crippen LogP) is 3.21. The summed E-state index contributed by atoms with van der Waals surface area (Å²) in [5.74, 6) is 0. The molecule has 7 heteroatoms. The van der Waals surface area contributed by atoms with Crippen LogP contribution in [0.2, 0.25) is 0 Å². The number of rotatable bonds is 6. The molecule has 3 aromatic rings. The number of anilines is 1. The Hall–Kier alpha value is -2.80. The number of urea groups is 1. The van der Waals surface area contributed by atoms with Crippen molar-refractivity contribution in [1.82, 2.24) is 20.1 Å². The maximum atomic E-state index is 12.6. The molecule has 24 heavy (non-hydrogen) atoms. The number of carbonyl (C=O) groups is 1. The van der Waals surface area contributed by atoms with Crippen molar-refractivity contribution in [2.24, 2.45) is 0 Å². The highest BCUT2D eigenvalue weighted by atomic mass is 32.1. The first kappa shape index (κ1) is 16.1. The van der Waals surface area contributed by atoms with E-state index in [-0.39, 0.29) is 6.03 Å². The van der Waals surface area contributed by atoms with Gasteiger partial charge in [-0.2, -0.15) is 0 Å². The van der Waals surface area contributed by atoms with Crippen LogP contribution < -0.4 is 5.32 Å². The maximum Gasteiger partial charge on any atom is 0.324 e. The molecule has 0 spiro atoms. The van der Waals surface area contributed by atoms with Gasteiger partial charge in [-0.1, -0.05) is 47.7 Å². The third kappa shape index (κ3) is 4.60. The van der Waals surface area contributed by atoms with Gasteiger partial charge in [-0.3, -0.25) is 10.3 Å². The summed E-state index contributed by atoms with van der Waals surface area (Å²) in [7, 11) is 0. The highest BCUT2D eigenvalue weighted by Crippen LogP contribution is 2.12. The van der Waals surface area contributed by atoms with Gasteiger partial charge in [-0.25, -0.2) is 4.79 Å². The number of benzene rings is 1. The van der Waals surface area contributed by atoms with Crippen molar-refractivity contribution in [2.45, 2.75) is 13.0 Å². The predicted molar refractivity (Wildman–Crippen MR) is 93.7 cm³/mol. The summed E-state index contributed by atoms with van der Waals surface area (Å²) in [6, 6.07) is 13.7. The number of hydrogen-bond donors (Lipinski definition) is 1. The molecule has 0 unspecified atom stereocenters. The monoisotopic (exact) mass is 339 g/mol. The van der Waals surface area contributed by atoms with Crippen molar-refractivity contribution in [1.29, 1.82) is 0 Å². The number of aromatic nitrogens is 3. The van der Waals surface area contributed by atoms with Crippen LogP contribution in [0.3, 0.4) is 0 Å². The van der Waals surface area contributed by atoms with E-state index in [1.54, 1.807) is 22.8 Å². The van der Waals surface area contributed by atoms with E-state index >= 15 is 0 Å². The second kappa shape index (κ2) is 8.16. The van der Waals surface area contributed by atoms with E-state index in [9.17, 15) is 4.79 Å². The number of pyridine rings is 1. The summed E-state index contributed by atoms with van der Waals surface area (Å²) in [6.45, 7) is 1.09. The SMILES string of the molecule is O=C(Nc1nncs1)N(CCc1ccccc1)Cc1cccnc1. The van der Waals surface area contributed by atoms with Gasteiger partial charge in [-0.15, -0.1) is 10.2 Å². The lowest BCUT2D eigenvalue weighted by molar-refractivity contribution is 0.209. The van der Waals surface area contributed by atoms with Crippen molar-refractivity contribution in [2.75, 3.05) is 11.9 Å². The van der Waals surface area contributed by atoms with E-state index < -0.39 is 0 Å². The lowest BCUT2D eigenvalue weighted by atomic mass is 10.1. The second-order valence-corrected chi connectivity index (χ2v) is 6.03. The van der Waals surface area contributed by atoms with Crippen LogP contribution in [0.1, 0.15) is 11.1 Å². The fourth-order valence-electron chi connectivity index (χ4n) is 2.27. The molecule has 0 saturated heterocycles. The van der Waals surface area contributed by atoms with Gasteiger partial charge in [0.15, 0.2) is 0 Å². The molecule has 1 aromatic carbocycles. The molecule has 6 nitrogen and oxygen atoms in total. The molecule has 2 amide bonds. The molecule has 2 heterocycles. The van der Waals surface area contributed by atoms with Crippen molar-refractivity contribution in [3.05, 3.63) is 71.5 Å². The van der Waals surface area contributed by atoms with E-state index in [4.69, 9.17) is 0 Å². The van der Waals surface area contributed by atoms with Crippen LogP contribution in [0.4, 0.5) is 9.93 Å². The van der Waals surface area contributed by atoms with E-state index in [2.05, 4.69) is 32.6 Å². The summed E-state index contributed by atoms with van der Waals surface area (Å²) in [6.07, 6.45) is 4.28. The third-order valence-electron chi connectivity index (χ3n) is 3.47. The minimum absolute atomic E-state index is 0.188. The second-order valence-electron chi connectivity index (χ2n) is 5.19. The van der Waals surface area contributed by atoms with E-state index in [1.165, 1.54) is 16.9 Å². The van der Waals surface area contributed by atoms with E-state index in [0.717, 1.165) is 12.0 Å². The van der Waals surface area contributed by atoms with Gasteiger partial charge >= 0.3 is 6.03 Å². The van der Waals surface area contributed by atoms with E-state index in [0.29, 0.717) is 18.2 Å². The van der Waals surface area contributed by atoms with E-state index in [1.807, 2.05) is 30.3 Å². The summed E-state index contributed by atoms with van der Waals surface area (Å²) in [5.41, 5.74) is 3.76. The Morgan fingerprint density at radius 1 is 1.12 bits per heavy atom. The molecule has 3 rings (SSSR count). The fourth-order valence-corrected chi connectivity index (χ4v) is 2.71. The quantitative estimate of drug-likeness (QED) is 0.748. The highest BCUT2D eigenvalue weighted by molar-refractivity contribution is 7.13. The lowest BCUT2D eigenvalue weighted by Crippen LogP contribution is -2.36. The average molecular weight is 339 g/mol. The number of amides is 2. The molecule has 0 aliphatic rings. The minimum Gasteiger partial charge on any atom is -0.320 e. The zero-order valence-corrected chi connectivity index (χ0v) is 13.8. The van der Waals surface area contributed by atoms with Gasteiger partial charge in [0.2, 0.25) is 5.13 Å². The molecule has 0 atom stereocenters. The van der Waals surface area contributed by atoms with Crippen molar-refractivity contribution in [3.63, 3.8) is 0 Å². The van der Waals surface area contributed by atoms with Crippen LogP contribution >= 0.6 is 11.3 Å². The molecule has 0 fully saturated rings. The van der Waals surface area contributed by atoms with Crippen LogP contribution in [0, 0.1) is 0 Å². The molecule has 122 valence electrons. The topological polar surface area (TPSA) is 71.0 Å². The summed E-state index contributed by atoms with van der Waals surface area (Å²) >= 11 is 1.30. The van der Waals surface area contributed by atoms with Gasteiger partial charge in [0.25, 0.3) is 0 Å². The zero-order chi connectivity index (χ0) is 16.6. The van der Waals surface area contributed by atoms with Gasteiger partial charge in [0.1, 0.15) is 5.51 Å². The number of carbonyl (C=O) groups excluding carboxylic acids is 1. The van der Waals surface area contributed by atoms with Gasteiger partial charge in [0.05, 0.1) is 0 Å². The average Bonchev–Trinajstić information content (AvgIpc) is 3.13. The van der Waals surface area contributed by atoms with Crippen LogP contribution in [0.25, 0.3) is 0 Å². The third-order valence-corrected chi connectivity index (χ3v) is 4.08. The lowest BCUT2D eigenvalue weighted by Gasteiger charge is -2.22. The molecular formula is C17H17N5OS. The first-order chi connectivity index (χ1) is 11.8. The van der Waals surface area contributed by atoms with Crippen LogP contribution in [-0.4, -0.2) is 32.7 Å². The molecule has 0 radical (unpaired) electrons. The first-order valence-corrected chi connectivity index (χ1v) is 8.44. The Balaban J connectivity index is 1.68. The van der Waals surface area contributed by atoms with Crippen LogP contribution in [-0.2, 0) is 13.0 Å². The van der Waals surface area contributed by atoms with Crippen LogP contribution in [0.5, 0.6) is 0 Å². The number of nitrogens with zero attached hydrogens (tertiary/aromatic N) is 4. The first-order valence-electron chi connectivity index (χ1n) is 7.56. The minimum atomic E-state index is -0.188. The molecule has 0 saturated carbocycles. The van der Waals surface area contributed by atoms with Gasteiger partial charge < -0.3 is 4.90 Å². The Bertz CT molecular complexity index is 749. The largest absolute Gasteiger partial charge is 0.324 e. The van der Waals surface area contributed by atoms with Crippen LogP contribution in [0.15, 0.2) is 60.4 Å². The summed E-state index contributed by atoms with van der Waals surface area (Å²) in [4.78, 5) is 18.4. The fraction of sp³-hybridized carbons (Fsp3) is 0.176. The number of hydrogen-bond acceptors (Lipinski definition) is 5. The summed E-state index contributed by atoms with van der Waals surface area (Å²) in [5, 5.41) is 10.9. The molecule has 0 aliphatic carbocycles. The molecular weight excluding hydrogens is 322 g/mol. The normalized spacial score (nSPS) is 10.3. The van der Waals surface area contributed by atoms with Gasteiger partial charge in [0, 0.05) is 25.5 Å². The Morgan fingerprint density at radius 3 is 2.67 bits per heavy atom. The number of nitrogens with one attached hydrogen (secondary N) is 1. The molecule has 0 bridgehead atoms. The smallest absolute Gasteiger partial charge is 0.320 e. The Labute approximate surface area is 144 Å². The zero-order valence-electron chi connectivity index (χ0n) is 13.0. The highest BCUT2D eigenvalue weighted by Gasteiger charge is 2.15. The van der Waals surface area contributed by atoms with Crippen molar-refractivity contribution < 1.29 is 4.79 Å². The standard InChI is InChI=1S/C17H17N5OS/c23-17(20-16-21-19-13-24-16)22(12-15-7-4-9-18-11-15)10-8-14-5-2-1-3-6-14/h1-7,9,11,13H,8,10,12H2,(H,20,21,23). The summed E-state index contributed by atoms with van der Waals surface area (Å²) < 4.78 is 0. The van der Waals surface area contributed by atoms with Crippen molar-refractivity contribution >= 4 is 22.5 Å². The molecule has 0 aliphatic heterocycles. The van der Waals surface area contributed by atoms with Crippen molar-refractivity contribution in [3.8, 4) is 0 Å².